The molecule has 96 valence electrons. The number of carboxylic acid groups (broad SMARTS) is 1. The minimum absolute atomic E-state index is 0.0616. The Morgan fingerprint density at radius 3 is 2.79 bits per heavy atom. The molecule has 6 heteroatoms. The average Bonchev–Trinajstić information content (AvgIpc) is 2.40. The van der Waals surface area contributed by atoms with Crippen molar-refractivity contribution < 1.29 is 14.6 Å². The van der Waals surface area contributed by atoms with Gasteiger partial charge in [-0.1, -0.05) is 0 Å². The van der Waals surface area contributed by atoms with Crippen molar-refractivity contribution in [2.75, 3.05) is 7.11 Å². The third kappa shape index (κ3) is 2.13. The summed E-state index contributed by atoms with van der Waals surface area (Å²) in [5, 5.41) is 18.3. The van der Waals surface area contributed by atoms with Gasteiger partial charge in [-0.15, -0.1) is 0 Å². The summed E-state index contributed by atoms with van der Waals surface area (Å²) in [6.45, 7) is -0.126. The number of hydrogen-bond acceptors (Lipinski definition) is 4. The Kier molecular flexibility index (Phi) is 3.21. The highest BCUT2D eigenvalue weighted by molar-refractivity contribution is 5.96. The molecule has 0 aliphatic heterocycles. The summed E-state index contributed by atoms with van der Waals surface area (Å²) in [6.07, 6.45) is 0. The number of carboxylic acids is 1. The maximum absolute atomic E-state index is 11.8. The lowest BCUT2D eigenvalue weighted by molar-refractivity contribution is 0.0696. The number of carbonyl (C=O) groups is 1. The van der Waals surface area contributed by atoms with Crippen LogP contribution in [0.2, 0.25) is 0 Å². The predicted molar refractivity (Wildman–Crippen MR) is 67.3 cm³/mol. The predicted octanol–water partition coefficient (Wildman–Crippen LogP) is 1.23. The highest BCUT2D eigenvalue weighted by Crippen LogP contribution is 2.26. The molecular weight excluding hydrogens is 248 g/mol. The largest absolute Gasteiger partial charge is 0.495 e. The van der Waals surface area contributed by atoms with E-state index in [1.54, 1.807) is 0 Å². The number of rotatable bonds is 3. The first-order valence-electron chi connectivity index (χ1n) is 5.40. The van der Waals surface area contributed by atoms with E-state index in [0.29, 0.717) is 10.9 Å². The number of aromatic nitrogens is 1. The van der Waals surface area contributed by atoms with Gasteiger partial charge in [0.1, 0.15) is 12.3 Å². The molecule has 0 saturated heterocycles. The molecule has 0 aliphatic carbocycles. The van der Waals surface area contributed by atoms with Gasteiger partial charge in [0, 0.05) is 11.5 Å². The molecule has 1 aromatic heterocycles. The van der Waals surface area contributed by atoms with E-state index in [-0.39, 0.29) is 23.4 Å². The second-order valence-electron chi connectivity index (χ2n) is 3.84. The molecule has 0 bridgehead atoms. The van der Waals surface area contributed by atoms with E-state index in [1.807, 2.05) is 6.07 Å². The number of ether oxygens (including phenoxy) is 1. The van der Waals surface area contributed by atoms with Crippen molar-refractivity contribution in [1.82, 2.24) is 4.57 Å². The summed E-state index contributed by atoms with van der Waals surface area (Å²) in [7, 11) is 1.38. The molecule has 1 N–H and O–H groups in total. The van der Waals surface area contributed by atoms with Gasteiger partial charge in [0.25, 0.3) is 5.56 Å². The molecule has 0 radical (unpaired) electrons. The van der Waals surface area contributed by atoms with Gasteiger partial charge in [0.2, 0.25) is 0 Å². The van der Waals surface area contributed by atoms with Crippen molar-refractivity contribution in [3.05, 3.63) is 40.2 Å². The molecule has 6 nitrogen and oxygen atoms in total. The van der Waals surface area contributed by atoms with Crippen LogP contribution in [0, 0.1) is 11.3 Å². The third-order valence-corrected chi connectivity index (χ3v) is 2.74. The Morgan fingerprint density at radius 2 is 2.21 bits per heavy atom. The van der Waals surface area contributed by atoms with Gasteiger partial charge in [-0.3, -0.25) is 9.36 Å². The van der Waals surface area contributed by atoms with E-state index in [4.69, 9.17) is 15.1 Å². The number of hydrogen-bond donors (Lipinski definition) is 1. The molecule has 1 aromatic carbocycles. The monoisotopic (exact) mass is 258 g/mol. The number of fused-ring (bicyclic) bond motifs is 1. The van der Waals surface area contributed by atoms with Crippen molar-refractivity contribution in [1.29, 1.82) is 5.26 Å². The summed E-state index contributed by atoms with van der Waals surface area (Å²) < 4.78 is 6.38. The molecule has 0 fully saturated rings. The molecule has 0 aliphatic rings. The first kappa shape index (κ1) is 12.6. The van der Waals surface area contributed by atoms with Crippen LogP contribution in [0.4, 0.5) is 0 Å². The van der Waals surface area contributed by atoms with Crippen molar-refractivity contribution in [2.45, 2.75) is 6.54 Å². The van der Waals surface area contributed by atoms with E-state index in [9.17, 15) is 9.59 Å². The molecule has 0 atom stereocenters. The quantitative estimate of drug-likeness (QED) is 0.893. The van der Waals surface area contributed by atoms with E-state index < -0.39 is 5.97 Å². The SMILES string of the molecule is COc1cc(C(=O)O)cc2ccc(=O)n(CC#N)c12. The number of methoxy groups -OCH3 is 1. The zero-order valence-corrected chi connectivity index (χ0v) is 10.1. The minimum Gasteiger partial charge on any atom is -0.495 e. The van der Waals surface area contributed by atoms with E-state index in [1.165, 1.54) is 35.9 Å². The van der Waals surface area contributed by atoms with Gasteiger partial charge in [0.15, 0.2) is 0 Å². The van der Waals surface area contributed by atoms with Crippen molar-refractivity contribution in [3.8, 4) is 11.8 Å². The number of nitrogens with zero attached hydrogens (tertiary/aromatic N) is 2. The Balaban J connectivity index is 2.90. The molecular formula is C13H10N2O4. The summed E-state index contributed by atoms with van der Waals surface area (Å²) >= 11 is 0. The highest BCUT2D eigenvalue weighted by Gasteiger charge is 2.13. The summed E-state index contributed by atoms with van der Waals surface area (Å²) in [6, 6.07) is 7.48. The fourth-order valence-corrected chi connectivity index (χ4v) is 1.91. The van der Waals surface area contributed by atoms with Gasteiger partial charge < -0.3 is 9.84 Å². The van der Waals surface area contributed by atoms with E-state index in [2.05, 4.69) is 0 Å². The minimum atomic E-state index is -1.08. The molecule has 0 unspecified atom stereocenters. The molecule has 1 heterocycles. The zero-order valence-electron chi connectivity index (χ0n) is 10.1. The lowest BCUT2D eigenvalue weighted by Crippen LogP contribution is -2.19. The van der Waals surface area contributed by atoms with Gasteiger partial charge in [-0.05, 0) is 18.2 Å². The number of nitriles is 1. The second kappa shape index (κ2) is 4.82. The maximum atomic E-state index is 11.8. The Hall–Kier alpha value is -2.81. The fraction of sp³-hybridized carbons (Fsp3) is 0.154. The topological polar surface area (TPSA) is 92.3 Å². The van der Waals surface area contributed by atoms with Crippen LogP contribution in [-0.4, -0.2) is 22.8 Å². The Labute approximate surface area is 108 Å². The lowest BCUT2D eigenvalue weighted by atomic mass is 10.1. The smallest absolute Gasteiger partial charge is 0.335 e. The van der Waals surface area contributed by atoms with Gasteiger partial charge in [0.05, 0.1) is 24.3 Å². The van der Waals surface area contributed by atoms with Gasteiger partial charge in [-0.2, -0.15) is 5.26 Å². The van der Waals surface area contributed by atoms with Crippen LogP contribution in [-0.2, 0) is 6.54 Å². The maximum Gasteiger partial charge on any atom is 0.335 e. The number of benzene rings is 1. The fourth-order valence-electron chi connectivity index (χ4n) is 1.91. The summed E-state index contributed by atoms with van der Waals surface area (Å²) in [5.41, 5.74) is 0.142. The van der Waals surface area contributed by atoms with Crippen LogP contribution in [0.5, 0.6) is 5.75 Å². The van der Waals surface area contributed by atoms with Gasteiger partial charge in [-0.25, -0.2) is 4.79 Å². The van der Waals surface area contributed by atoms with Crippen LogP contribution in [0.3, 0.4) is 0 Å². The lowest BCUT2D eigenvalue weighted by Gasteiger charge is -2.11. The standard InChI is InChI=1S/C13H10N2O4/c1-19-10-7-9(13(17)18)6-8-2-3-11(16)15(5-4-14)12(8)10/h2-3,6-7H,5H2,1H3,(H,17,18). The number of aromatic carboxylic acids is 1. The van der Waals surface area contributed by atoms with Crippen molar-refractivity contribution >= 4 is 16.9 Å². The Bertz CT molecular complexity index is 756. The molecule has 2 aromatic rings. The van der Waals surface area contributed by atoms with Gasteiger partial charge >= 0.3 is 5.97 Å². The third-order valence-electron chi connectivity index (χ3n) is 2.74. The normalized spacial score (nSPS) is 10.1. The van der Waals surface area contributed by atoms with Crippen LogP contribution >= 0.6 is 0 Å². The first-order valence-corrected chi connectivity index (χ1v) is 5.40. The van der Waals surface area contributed by atoms with Crippen LogP contribution in [0.1, 0.15) is 10.4 Å². The molecule has 0 spiro atoms. The first-order chi connectivity index (χ1) is 9.08. The van der Waals surface area contributed by atoms with Crippen LogP contribution in [0.15, 0.2) is 29.1 Å². The van der Waals surface area contributed by atoms with Crippen molar-refractivity contribution in [3.63, 3.8) is 0 Å². The molecule has 2 rings (SSSR count). The molecule has 0 amide bonds. The Morgan fingerprint density at radius 1 is 1.47 bits per heavy atom. The van der Waals surface area contributed by atoms with Crippen LogP contribution < -0.4 is 10.3 Å². The molecule has 19 heavy (non-hydrogen) atoms. The van der Waals surface area contributed by atoms with Crippen molar-refractivity contribution in [2.24, 2.45) is 0 Å². The van der Waals surface area contributed by atoms with E-state index in [0.717, 1.165) is 0 Å². The highest BCUT2D eigenvalue weighted by atomic mass is 16.5. The zero-order chi connectivity index (χ0) is 14.0. The molecule has 0 saturated carbocycles. The number of pyridine rings is 1. The van der Waals surface area contributed by atoms with Crippen LogP contribution in [0.25, 0.3) is 10.9 Å². The summed E-state index contributed by atoms with van der Waals surface area (Å²) in [5.74, 6) is -0.832. The average molecular weight is 258 g/mol. The second-order valence-corrected chi connectivity index (χ2v) is 3.84. The van der Waals surface area contributed by atoms with E-state index >= 15 is 0 Å². The summed E-state index contributed by atoms with van der Waals surface area (Å²) in [4.78, 5) is 22.8.